The van der Waals surface area contributed by atoms with Gasteiger partial charge in [0.05, 0.1) is 0 Å². The number of halogens is 3. The van der Waals surface area contributed by atoms with Crippen molar-refractivity contribution in [1.29, 1.82) is 0 Å². The average molecular weight is 265 g/mol. The van der Waals surface area contributed by atoms with Gasteiger partial charge in [0, 0.05) is 11.0 Å². The van der Waals surface area contributed by atoms with E-state index in [-0.39, 0.29) is 0 Å². The van der Waals surface area contributed by atoms with E-state index in [4.69, 9.17) is 0 Å². The maximum absolute atomic E-state index is 11.7. The molecule has 0 atom stereocenters. The predicted octanol–water partition coefficient (Wildman–Crippen LogP) is 2.68. The molecular weight excluding hydrogens is 255 g/mol. The summed E-state index contributed by atoms with van der Waals surface area (Å²) in [7, 11) is 0. The number of rotatable bonds is 4. The first-order valence-electron chi connectivity index (χ1n) is 4.59. The molecule has 0 aliphatic rings. The molecule has 0 spiro atoms. The van der Waals surface area contributed by atoms with E-state index in [9.17, 15) is 18.0 Å². The normalized spacial score (nSPS) is 12.0. The highest BCUT2D eigenvalue weighted by atomic mass is 32.1. The van der Waals surface area contributed by atoms with E-state index in [1.807, 2.05) is 18.4 Å². The number of thiophene rings is 1. The number of amides is 1. The summed E-state index contributed by atoms with van der Waals surface area (Å²) in [4.78, 5) is 15.9. The van der Waals surface area contributed by atoms with E-state index in [1.54, 1.807) is 5.48 Å². The molecule has 7 heteroatoms. The quantitative estimate of drug-likeness (QED) is 0.671. The first-order valence-corrected chi connectivity index (χ1v) is 5.47. The van der Waals surface area contributed by atoms with E-state index in [1.165, 1.54) is 17.4 Å². The Balaban J connectivity index is 2.35. The largest absolute Gasteiger partial charge is 0.414 e. The van der Waals surface area contributed by atoms with Crippen LogP contribution in [-0.4, -0.2) is 18.7 Å². The number of nitrogens with one attached hydrogen (secondary N) is 1. The van der Waals surface area contributed by atoms with Crippen molar-refractivity contribution in [1.82, 2.24) is 5.48 Å². The topological polar surface area (TPSA) is 38.3 Å². The second kappa shape index (κ2) is 5.83. The Labute approximate surface area is 99.8 Å². The fourth-order valence-electron chi connectivity index (χ4n) is 0.930. The third-order valence-corrected chi connectivity index (χ3v) is 2.68. The lowest BCUT2D eigenvalue weighted by molar-refractivity contribution is -0.190. The highest BCUT2D eigenvalue weighted by Crippen LogP contribution is 2.17. The van der Waals surface area contributed by atoms with Crippen molar-refractivity contribution in [3.8, 4) is 0 Å². The molecule has 1 N–H and O–H groups in total. The van der Waals surface area contributed by atoms with Gasteiger partial charge in [0.15, 0.2) is 6.61 Å². The Kier molecular flexibility index (Phi) is 4.71. The summed E-state index contributed by atoms with van der Waals surface area (Å²) >= 11 is 1.43. The number of carbonyl (C=O) groups excluding carboxylic acids is 1. The molecule has 1 aromatic heterocycles. The maximum Gasteiger partial charge on any atom is 0.414 e. The van der Waals surface area contributed by atoms with Crippen LogP contribution in [0.15, 0.2) is 17.5 Å². The van der Waals surface area contributed by atoms with Crippen LogP contribution in [0.4, 0.5) is 13.2 Å². The lowest BCUT2D eigenvalue weighted by Crippen LogP contribution is -2.28. The van der Waals surface area contributed by atoms with Gasteiger partial charge in [-0.25, -0.2) is 5.48 Å². The van der Waals surface area contributed by atoms with E-state index in [0.29, 0.717) is 0 Å². The summed E-state index contributed by atoms with van der Waals surface area (Å²) in [6, 6.07) is 1.88. The fraction of sp³-hybridized carbons (Fsp3) is 0.300. The summed E-state index contributed by atoms with van der Waals surface area (Å²) in [5, 5.41) is 1.85. The van der Waals surface area contributed by atoms with Gasteiger partial charge in [-0.15, -0.1) is 11.3 Å². The van der Waals surface area contributed by atoms with Gasteiger partial charge in [-0.2, -0.15) is 13.2 Å². The van der Waals surface area contributed by atoms with E-state index in [0.717, 1.165) is 16.5 Å². The molecule has 94 valence electrons. The second-order valence-electron chi connectivity index (χ2n) is 3.17. The lowest BCUT2D eigenvalue weighted by atomic mass is 10.3. The molecule has 0 aliphatic heterocycles. The van der Waals surface area contributed by atoms with Crippen LogP contribution in [0.1, 0.15) is 10.4 Å². The predicted molar refractivity (Wildman–Crippen MR) is 58.2 cm³/mol. The molecular formula is C10H10F3NO2S. The minimum atomic E-state index is -4.46. The highest BCUT2D eigenvalue weighted by Gasteiger charge is 2.28. The molecule has 0 aliphatic carbocycles. The van der Waals surface area contributed by atoms with Gasteiger partial charge in [0.2, 0.25) is 0 Å². The highest BCUT2D eigenvalue weighted by molar-refractivity contribution is 7.11. The Bertz CT molecular complexity index is 412. The first kappa shape index (κ1) is 13.7. The maximum atomic E-state index is 11.7. The zero-order chi connectivity index (χ0) is 12.9. The Morgan fingerprint density at radius 1 is 1.59 bits per heavy atom. The molecule has 0 saturated heterocycles. The van der Waals surface area contributed by atoms with Crippen LogP contribution in [-0.2, 0) is 9.63 Å². The van der Waals surface area contributed by atoms with Crippen molar-refractivity contribution in [2.24, 2.45) is 0 Å². The molecule has 0 saturated carbocycles. The van der Waals surface area contributed by atoms with Crippen molar-refractivity contribution in [2.75, 3.05) is 6.61 Å². The number of aryl methyl sites for hydroxylation is 1. The molecule has 1 amide bonds. The third-order valence-electron chi connectivity index (χ3n) is 1.70. The monoisotopic (exact) mass is 265 g/mol. The van der Waals surface area contributed by atoms with Gasteiger partial charge >= 0.3 is 6.18 Å². The van der Waals surface area contributed by atoms with Crippen molar-refractivity contribution >= 4 is 23.3 Å². The first-order chi connectivity index (χ1) is 7.88. The number of alkyl halides is 3. The zero-order valence-corrected chi connectivity index (χ0v) is 9.69. The van der Waals surface area contributed by atoms with Crippen LogP contribution in [0.2, 0.25) is 0 Å². The molecule has 1 rings (SSSR count). The van der Waals surface area contributed by atoms with Gasteiger partial charge in [0.1, 0.15) is 0 Å². The molecule has 0 unspecified atom stereocenters. The fourth-order valence-corrected chi connectivity index (χ4v) is 1.75. The Morgan fingerprint density at radius 3 is 2.82 bits per heavy atom. The summed E-state index contributed by atoms with van der Waals surface area (Å²) in [6.07, 6.45) is -1.82. The second-order valence-corrected chi connectivity index (χ2v) is 4.12. The SMILES string of the molecule is Cc1ccsc1/C=C/C(=O)NOCC(F)(F)F. The summed E-state index contributed by atoms with van der Waals surface area (Å²) in [5.41, 5.74) is 2.68. The average Bonchev–Trinajstić information content (AvgIpc) is 2.59. The Morgan fingerprint density at radius 2 is 2.29 bits per heavy atom. The number of carbonyl (C=O) groups is 1. The number of hydrogen-bond donors (Lipinski definition) is 1. The van der Waals surface area contributed by atoms with Crippen LogP contribution in [0.3, 0.4) is 0 Å². The van der Waals surface area contributed by atoms with E-state index in [2.05, 4.69) is 4.84 Å². The van der Waals surface area contributed by atoms with Crippen molar-refractivity contribution in [3.63, 3.8) is 0 Å². The molecule has 17 heavy (non-hydrogen) atoms. The van der Waals surface area contributed by atoms with Gasteiger partial charge in [-0.3, -0.25) is 9.63 Å². The number of hydroxylamine groups is 1. The molecule has 0 fully saturated rings. The van der Waals surface area contributed by atoms with Crippen LogP contribution in [0.5, 0.6) is 0 Å². The number of hydrogen-bond acceptors (Lipinski definition) is 3. The summed E-state index contributed by atoms with van der Waals surface area (Å²) in [6.45, 7) is 0.360. The molecule has 0 aromatic carbocycles. The summed E-state index contributed by atoms with van der Waals surface area (Å²) in [5.74, 6) is -0.734. The van der Waals surface area contributed by atoms with Crippen molar-refractivity contribution in [2.45, 2.75) is 13.1 Å². The summed E-state index contributed by atoms with van der Waals surface area (Å²) < 4.78 is 35.0. The zero-order valence-electron chi connectivity index (χ0n) is 8.88. The van der Waals surface area contributed by atoms with Crippen LogP contribution in [0.25, 0.3) is 6.08 Å². The minimum Gasteiger partial charge on any atom is -0.268 e. The lowest BCUT2D eigenvalue weighted by Gasteiger charge is -2.06. The van der Waals surface area contributed by atoms with Crippen LogP contribution >= 0.6 is 11.3 Å². The van der Waals surface area contributed by atoms with E-state index >= 15 is 0 Å². The van der Waals surface area contributed by atoms with Crippen LogP contribution < -0.4 is 5.48 Å². The van der Waals surface area contributed by atoms with Gasteiger partial charge < -0.3 is 0 Å². The molecule has 3 nitrogen and oxygen atoms in total. The van der Waals surface area contributed by atoms with Gasteiger partial charge in [0.25, 0.3) is 5.91 Å². The van der Waals surface area contributed by atoms with E-state index < -0.39 is 18.7 Å². The van der Waals surface area contributed by atoms with Crippen LogP contribution in [0, 0.1) is 6.92 Å². The molecule has 1 heterocycles. The van der Waals surface area contributed by atoms with Crippen molar-refractivity contribution in [3.05, 3.63) is 28.0 Å². The molecule has 0 radical (unpaired) electrons. The van der Waals surface area contributed by atoms with Crippen molar-refractivity contribution < 1.29 is 22.8 Å². The van der Waals surface area contributed by atoms with Gasteiger partial charge in [-0.05, 0) is 30.0 Å². The molecule has 1 aromatic rings. The smallest absolute Gasteiger partial charge is 0.268 e. The van der Waals surface area contributed by atoms with Gasteiger partial charge in [-0.1, -0.05) is 0 Å². The molecule has 0 bridgehead atoms. The minimum absolute atomic E-state index is 0.734. The Hall–Kier alpha value is -1.34. The third kappa shape index (κ3) is 5.50. The standard InChI is InChI=1S/C10H10F3NO2S/c1-7-4-5-17-8(7)2-3-9(15)14-16-6-10(11,12)13/h2-5H,6H2,1H3,(H,14,15)/b3-2+.